The van der Waals surface area contributed by atoms with Crippen molar-refractivity contribution in [3.05, 3.63) is 106 Å². The lowest BCUT2D eigenvalue weighted by Crippen LogP contribution is -2.29. The third-order valence-corrected chi connectivity index (χ3v) is 7.38. The number of carbonyl (C=O) groups is 2. The first-order valence-corrected chi connectivity index (χ1v) is 13.7. The molecule has 0 bridgehead atoms. The number of hydrogen-bond donors (Lipinski definition) is 3. The SMILES string of the molecule is CCC[C@@H](NC(=O)c1cc(C(=O)O)c(-c2cc(Cl)ccc2-c2nc3cc(OC)ccc3[nH]2)cc1C)c1ccccc1. The number of nitrogens with one attached hydrogen (secondary N) is 2. The summed E-state index contributed by atoms with van der Waals surface area (Å²) in [5.41, 5.74) is 5.17. The van der Waals surface area contributed by atoms with Gasteiger partial charge in [0.25, 0.3) is 5.91 Å². The summed E-state index contributed by atoms with van der Waals surface area (Å²) in [5.74, 6) is -0.238. The summed E-state index contributed by atoms with van der Waals surface area (Å²) in [6.45, 7) is 3.87. The smallest absolute Gasteiger partial charge is 0.336 e. The van der Waals surface area contributed by atoms with Crippen LogP contribution in [0.2, 0.25) is 5.02 Å². The van der Waals surface area contributed by atoms with E-state index in [0.29, 0.717) is 49.9 Å². The molecule has 7 nitrogen and oxygen atoms in total. The minimum Gasteiger partial charge on any atom is -0.497 e. The molecule has 3 N–H and O–H groups in total. The largest absolute Gasteiger partial charge is 0.497 e. The third kappa shape index (κ3) is 5.81. The Morgan fingerprint density at radius 1 is 0.976 bits per heavy atom. The van der Waals surface area contributed by atoms with Gasteiger partial charge in [0.05, 0.1) is 29.7 Å². The Bertz CT molecular complexity index is 1750. The maximum absolute atomic E-state index is 13.5. The Kier molecular flexibility index (Phi) is 8.08. The van der Waals surface area contributed by atoms with Crippen LogP contribution in [0.4, 0.5) is 0 Å². The van der Waals surface area contributed by atoms with E-state index in [1.165, 1.54) is 6.07 Å². The number of aromatic amines is 1. The van der Waals surface area contributed by atoms with Crippen molar-refractivity contribution in [2.45, 2.75) is 32.7 Å². The summed E-state index contributed by atoms with van der Waals surface area (Å²) in [4.78, 5) is 34.1. The molecule has 1 aromatic heterocycles. The number of carboxylic acid groups (broad SMARTS) is 1. The fourth-order valence-corrected chi connectivity index (χ4v) is 5.24. The summed E-state index contributed by atoms with van der Waals surface area (Å²) in [7, 11) is 1.59. The molecule has 8 heteroatoms. The summed E-state index contributed by atoms with van der Waals surface area (Å²) in [6, 6.07) is 23.6. The second kappa shape index (κ2) is 11.9. The molecule has 1 atom stereocenters. The maximum atomic E-state index is 13.5. The molecule has 208 valence electrons. The highest BCUT2D eigenvalue weighted by molar-refractivity contribution is 6.31. The van der Waals surface area contributed by atoms with E-state index in [2.05, 4.69) is 17.2 Å². The molecule has 0 saturated carbocycles. The van der Waals surface area contributed by atoms with Crippen LogP contribution in [-0.2, 0) is 0 Å². The van der Waals surface area contributed by atoms with Gasteiger partial charge in [-0.1, -0.05) is 55.3 Å². The average Bonchev–Trinajstić information content (AvgIpc) is 3.40. The maximum Gasteiger partial charge on any atom is 0.336 e. The Balaban J connectivity index is 1.58. The van der Waals surface area contributed by atoms with Gasteiger partial charge in [-0.3, -0.25) is 4.79 Å². The molecule has 0 radical (unpaired) electrons. The zero-order valence-electron chi connectivity index (χ0n) is 23.0. The lowest BCUT2D eigenvalue weighted by Gasteiger charge is -2.20. The van der Waals surface area contributed by atoms with Crippen LogP contribution in [0.1, 0.15) is 57.7 Å². The average molecular weight is 568 g/mol. The molecular formula is C33H30ClN3O4. The van der Waals surface area contributed by atoms with Gasteiger partial charge in [-0.05, 0) is 78.1 Å². The fraction of sp³-hybridized carbons (Fsp3) is 0.182. The van der Waals surface area contributed by atoms with Crippen molar-refractivity contribution >= 4 is 34.5 Å². The van der Waals surface area contributed by atoms with Gasteiger partial charge in [-0.15, -0.1) is 0 Å². The van der Waals surface area contributed by atoms with Gasteiger partial charge in [0.2, 0.25) is 0 Å². The number of ether oxygens (including phenoxy) is 1. The predicted octanol–water partition coefficient (Wildman–Crippen LogP) is 7.84. The summed E-state index contributed by atoms with van der Waals surface area (Å²) < 4.78 is 5.33. The van der Waals surface area contributed by atoms with E-state index in [9.17, 15) is 14.7 Å². The van der Waals surface area contributed by atoms with E-state index in [1.807, 2.05) is 54.6 Å². The van der Waals surface area contributed by atoms with Crippen molar-refractivity contribution in [1.82, 2.24) is 15.3 Å². The quantitative estimate of drug-likeness (QED) is 0.168. The first kappa shape index (κ1) is 27.9. The summed E-state index contributed by atoms with van der Waals surface area (Å²) in [5, 5.41) is 13.8. The molecule has 5 rings (SSSR count). The molecule has 41 heavy (non-hydrogen) atoms. The Labute approximate surface area is 243 Å². The van der Waals surface area contributed by atoms with Crippen LogP contribution in [-0.4, -0.2) is 34.1 Å². The molecule has 1 heterocycles. The van der Waals surface area contributed by atoms with Crippen LogP contribution in [0, 0.1) is 6.92 Å². The van der Waals surface area contributed by atoms with E-state index < -0.39 is 5.97 Å². The summed E-state index contributed by atoms with van der Waals surface area (Å²) in [6.07, 6.45) is 1.64. The molecule has 0 unspecified atom stereocenters. The Morgan fingerprint density at radius 2 is 1.76 bits per heavy atom. The molecule has 5 aromatic rings. The fourth-order valence-electron chi connectivity index (χ4n) is 5.07. The van der Waals surface area contributed by atoms with E-state index >= 15 is 0 Å². The number of carbonyl (C=O) groups excluding carboxylic acids is 1. The number of benzene rings is 4. The number of imidazole rings is 1. The lowest BCUT2D eigenvalue weighted by molar-refractivity contribution is 0.0697. The number of hydrogen-bond acceptors (Lipinski definition) is 4. The Hall–Kier alpha value is -4.62. The predicted molar refractivity (Wildman–Crippen MR) is 162 cm³/mol. The molecule has 0 spiro atoms. The number of methoxy groups -OCH3 is 1. The standard InChI is InChI=1S/C33H30ClN3O4/c1-4-8-28(20-9-6-5-7-10-20)37-32(38)24-18-27(33(39)40)25(15-19(24)2)26-16-21(34)11-13-23(26)31-35-29-14-12-22(41-3)17-30(29)36-31/h5-7,9-18,28H,4,8H2,1-3H3,(H,35,36)(H,37,38)(H,39,40)/t28-/m1/s1. The van der Waals surface area contributed by atoms with Crippen molar-refractivity contribution in [3.63, 3.8) is 0 Å². The van der Waals surface area contributed by atoms with E-state index in [1.54, 1.807) is 32.2 Å². The number of nitrogens with zero attached hydrogens (tertiary/aromatic N) is 1. The second-order valence-corrected chi connectivity index (χ2v) is 10.3. The van der Waals surface area contributed by atoms with Gasteiger partial charge in [0, 0.05) is 22.2 Å². The van der Waals surface area contributed by atoms with Crippen molar-refractivity contribution in [3.8, 4) is 28.3 Å². The molecule has 0 aliphatic rings. The number of H-pyrrole nitrogens is 1. The number of carboxylic acids is 1. The van der Waals surface area contributed by atoms with E-state index in [-0.39, 0.29) is 17.5 Å². The molecule has 0 aliphatic heterocycles. The van der Waals surface area contributed by atoms with Gasteiger partial charge in [-0.2, -0.15) is 0 Å². The highest BCUT2D eigenvalue weighted by atomic mass is 35.5. The minimum absolute atomic E-state index is 0.00574. The minimum atomic E-state index is -1.15. The Morgan fingerprint density at radius 3 is 2.46 bits per heavy atom. The van der Waals surface area contributed by atoms with Gasteiger partial charge >= 0.3 is 5.97 Å². The first-order chi connectivity index (χ1) is 19.8. The zero-order valence-corrected chi connectivity index (χ0v) is 23.8. The molecule has 0 aliphatic carbocycles. The number of amides is 1. The van der Waals surface area contributed by atoms with Crippen LogP contribution in [0.25, 0.3) is 33.5 Å². The third-order valence-electron chi connectivity index (χ3n) is 7.14. The van der Waals surface area contributed by atoms with Crippen LogP contribution < -0.4 is 10.1 Å². The monoisotopic (exact) mass is 567 g/mol. The molecule has 0 fully saturated rings. The van der Waals surface area contributed by atoms with Crippen LogP contribution in [0.15, 0.2) is 78.9 Å². The van der Waals surface area contributed by atoms with Gasteiger partial charge in [0.1, 0.15) is 11.6 Å². The molecular weight excluding hydrogens is 538 g/mol. The zero-order chi connectivity index (χ0) is 29.1. The van der Waals surface area contributed by atoms with E-state index in [0.717, 1.165) is 23.9 Å². The van der Waals surface area contributed by atoms with Crippen LogP contribution >= 0.6 is 11.6 Å². The van der Waals surface area contributed by atoms with Crippen molar-refractivity contribution in [2.75, 3.05) is 7.11 Å². The molecule has 1 amide bonds. The topological polar surface area (TPSA) is 104 Å². The number of halogens is 1. The summed E-state index contributed by atoms with van der Waals surface area (Å²) >= 11 is 6.41. The normalized spacial score (nSPS) is 11.8. The number of fused-ring (bicyclic) bond motifs is 1. The van der Waals surface area contributed by atoms with Crippen molar-refractivity contribution in [1.29, 1.82) is 0 Å². The van der Waals surface area contributed by atoms with E-state index in [4.69, 9.17) is 21.3 Å². The highest BCUT2D eigenvalue weighted by Crippen LogP contribution is 2.37. The van der Waals surface area contributed by atoms with Crippen molar-refractivity contribution in [2.24, 2.45) is 0 Å². The number of aryl methyl sites for hydroxylation is 1. The lowest BCUT2D eigenvalue weighted by atomic mass is 9.90. The van der Waals surface area contributed by atoms with Gasteiger partial charge in [0.15, 0.2) is 0 Å². The highest BCUT2D eigenvalue weighted by Gasteiger charge is 2.23. The first-order valence-electron chi connectivity index (χ1n) is 13.4. The molecule has 0 saturated heterocycles. The van der Waals surface area contributed by atoms with Crippen LogP contribution in [0.5, 0.6) is 5.75 Å². The number of rotatable bonds is 9. The number of aromatic nitrogens is 2. The molecule has 4 aromatic carbocycles. The number of aromatic carboxylic acids is 1. The second-order valence-electron chi connectivity index (χ2n) is 9.90. The van der Waals surface area contributed by atoms with Crippen molar-refractivity contribution < 1.29 is 19.4 Å². The van der Waals surface area contributed by atoms with Crippen LogP contribution in [0.3, 0.4) is 0 Å². The van der Waals surface area contributed by atoms with Gasteiger partial charge < -0.3 is 20.1 Å². The van der Waals surface area contributed by atoms with Gasteiger partial charge in [-0.25, -0.2) is 9.78 Å².